The van der Waals surface area contributed by atoms with Crippen molar-refractivity contribution in [2.75, 3.05) is 33.2 Å². The second-order valence-electron chi connectivity index (χ2n) is 8.76. The third kappa shape index (κ3) is 6.44. The van der Waals surface area contributed by atoms with Crippen LogP contribution in [0.2, 0.25) is 0 Å². The number of fused-ring (bicyclic) bond motifs is 1. The SMILES string of the molecule is CN=C(NCCCc1cnn(C)c1)N1CCC2C(CCCN2Cc2ccccc2)C1.I. The van der Waals surface area contributed by atoms with Crippen molar-refractivity contribution >= 4 is 29.9 Å². The largest absolute Gasteiger partial charge is 0.356 e. The number of nitrogens with zero attached hydrogens (tertiary/aromatic N) is 5. The first kappa shape index (κ1) is 24.0. The summed E-state index contributed by atoms with van der Waals surface area (Å²) in [5.74, 6) is 1.81. The number of guanidine groups is 1. The predicted octanol–water partition coefficient (Wildman–Crippen LogP) is 3.53. The monoisotopic (exact) mass is 536 g/mol. The highest BCUT2D eigenvalue weighted by molar-refractivity contribution is 14.0. The van der Waals surface area contributed by atoms with E-state index in [1.54, 1.807) is 0 Å². The Kier molecular flexibility index (Phi) is 9.19. The fraction of sp³-hybridized carbons (Fsp3) is 0.583. The number of aromatic nitrogens is 2. The Hall–Kier alpha value is -1.61. The zero-order valence-electron chi connectivity index (χ0n) is 18.9. The van der Waals surface area contributed by atoms with E-state index < -0.39 is 0 Å². The van der Waals surface area contributed by atoms with Gasteiger partial charge in [0, 0.05) is 52.5 Å². The van der Waals surface area contributed by atoms with Crippen molar-refractivity contribution in [3.63, 3.8) is 0 Å². The van der Waals surface area contributed by atoms with Crippen LogP contribution in [0, 0.1) is 5.92 Å². The summed E-state index contributed by atoms with van der Waals surface area (Å²) in [6, 6.07) is 11.6. The Labute approximate surface area is 204 Å². The summed E-state index contributed by atoms with van der Waals surface area (Å²) in [5, 5.41) is 7.85. The number of likely N-dealkylation sites (tertiary alicyclic amines) is 2. The van der Waals surface area contributed by atoms with Crippen LogP contribution in [0.3, 0.4) is 0 Å². The fourth-order valence-corrected chi connectivity index (χ4v) is 5.14. The van der Waals surface area contributed by atoms with Crippen LogP contribution < -0.4 is 5.32 Å². The highest BCUT2D eigenvalue weighted by Gasteiger charge is 2.36. The van der Waals surface area contributed by atoms with E-state index in [0.29, 0.717) is 6.04 Å². The number of hydrogen-bond acceptors (Lipinski definition) is 3. The van der Waals surface area contributed by atoms with E-state index in [1.807, 2.05) is 25.0 Å². The Morgan fingerprint density at radius 2 is 2.00 bits per heavy atom. The van der Waals surface area contributed by atoms with Crippen LogP contribution in [0.5, 0.6) is 0 Å². The highest BCUT2D eigenvalue weighted by Crippen LogP contribution is 2.31. The zero-order chi connectivity index (χ0) is 20.8. The molecule has 1 aromatic carbocycles. The first-order valence-corrected chi connectivity index (χ1v) is 11.4. The second kappa shape index (κ2) is 11.9. The number of aryl methyl sites for hydroxylation is 2. The quantitative estimate of drug-likeness (QED) is 0.266. The predicted molar refractivity (Wildman–Crippen MR) is 138 cm³/mol. The van der Waals surface area contributed by atoms with E-state index in [2.05, 4.69) is 61.7 Å². The maximum Gasteiger partial charge on any atom is 0.193 e. The van der Waals surface area contributed by atoms with Gasteiger partial charge in [0.2, 0.25) is 0 Å². The third-order valence-electron chi connectivity index (χ3n) is 6.61. The molecule has 2 unspecified atom stereocenters. The smallest absolute Gasteiger partial charge is 0.193 e. The Balaban J connectivity index is 0.00000272. The molecule has 0 aliphatic carbocycles. The van der Waals surface area contributed by atoms with E-state index in [1.165, 1.54) is 36.9 Å². The summed E-state index contributed by atoms with van der Waals surface area (Å²) in [4.78, 5) is 9.80. The van der Waals surface area contributed by atoms with Crippen molar-refractivity contribution in [1.82, 2.24) is 24.9 Å². The molecular formula is C24H37IN6. The van der Waals surface area contributed by atoms with Crippen molar-refractivity contribution in [1.29, 1.82) is 0 Å². The Bertz CT molecular complexity index is 820. The van der Waals surface area contributed by atoms with Gasteiger partial charge in [-0.2, -0.15) is 5.10 Å². The molecule has 1 aromatic heterocycles. The molecule has 1 N–H and O–H groups in total. The maximum absolute atomic E-state index is 4.59. The fourth-order valence-electron chi connectivity index (χ4n) is 5.14. The van der Waals surface area contributed by atoms with E-state index in [0.717, 1.165) is 50.9 Å². The minimum Gasteiger partial charge on any atom is -0.356 e. The molecule has 0 spiro atoms. The summed E-state index contributed by atoms with van der Waals surface area (Å²) in [6.45, 7) is 5.49. The van der Waals surface area contributed by atoms with Crippen LogP contribution in [0.1, 0.15) is 36.8 Å². The summed E-state index contributed by atoms with van der Waals surface area (Å²) in [6.07, 6.45) is 10.1. The van der Waals surface area contributed by atoms with Gasteiger partial charge in [0.15, 0.2) is 5.96 Å². The lowest BCUT2D eigenvalue weighted by Crippen LogP contribution is -2.56. The lowest BCUT2D eigenvalue weighted by atomic mass is 9.83. The van der Waals surface area contributed by atoms with Gasteiger partial charge in [0.25, 0.3) is 0 Å². The minimum atomic E-state index is 0. The summed E-state index contributed by atoms with van der Waals surface area (Å²) < 4.78 is 1.87. The molecule has 2 fully saturated rings. The molecule has 2 atom stereocenters. The van der Waals surface area contributed by atoms with Gasteiger partial charge in [-0.05, 0) is 55.7 Å². The first-order valence-electron chi connectivity index (χ1n) is 11.4. The molecular weight excluding hydrogens is 499 g/mol. The van der Waals surface area contributed by atoms with Crippen LogP contribution >= 0.6 is 24.0 Å². The van der Waals surface area contributed by atoms with Crippen LogP contribution in [-0.4, -0.2) is 64.8 Å². The van der Waals surface area contributed by atoms with Crippen molar-refractivity contribution < 1.29 is 0 Å². The average molecular weight is 537 g/mol. The molecule has 2 aliphatic rings. The van der Waals surface area contributed by atoms with Gasteiger partial charge < -0.3 is 10.2 Å². The van der Waals surface area contributed by atoms with Gasteiger partial charge in [0.1, 0.15) is 0 Å². The Morgan fingerprint density at radius 3 is 2.74 bits per heavy atom. The molecule has 0 saturated carbocycles. The second-order valence-corrected chi connectivity index (χ2v) is 8.76. The molecule has 7 heteroatoms. The topological polar surface area (TPSA) is 48.7 Å². The average Bonchev–Trinajstić information content (AvgIpc) is 3.19. The Morgan fingerprint density at radius 1 is 1.16 bits per heavy atom. The van der Waals surface area contributed by atoms with Crippen LogP contribution in [0.25, 0.3) is 0 Å². The number of benzene rings is 1. The van der Waals surface area contributed by atoms with Gasteiger partial charge in [-0.25, -0.2) is 0 Å². The standard InChI is InChI=1S/C24H36N6.HI/c1-25-24(26-13-6-10-21-16-27-28(2)17-21)30-15-12-23-22(19-30)11-7-14-29(23)18-20-8-4-3-5-9-20;/h3-5,8-9,16-17,22-23H,6-7,10-15,18-19H2,1-2H3,(H,25,26);1H. The van der Waals surface area contributed by atoms with Crippen LogP contribution in [0.15, 0.2) is 47.7 Å². The lowest BCUT2D eigenvalue weighted by molar-refractivity contribution is 0.0372. The molecule has 0 bridgehead atoms. The van der Waals surface area contributed by atoms with Crippen LogP contribution in [0.4, 0.5) is 0 Å². The van der Waals surface area contributed by atoms with Gasteiger partial charge in [0.05, 0.1) is 6.20 Å². The molecule has 4 rings (SSSR count). The highest BCUT2D eigenvalue weighted by atomic mass is 127. The zero-order valence-corrected chi connectivity index (χ0v) is 21.2. The molecule has 6 nitrogen and oxygen atoms in total. The first-order chi connectivity index (χ1) is 14.7. The number of halogens is 1. The van der Waals surface area contributed by atoms with E-state index in [-0.39, 0.29) is 24.0 Å². The van der Waals surface area contributed by atoms with Crippen molar-refractivity contribution in [2.45, 2.75) is 44.7 Å². The normalized spacial score (nSPS) is 22.0. The summed E-state index contributed by atoms with van der Waals surface area (Å²) in [7, 11) is 3.89. The molecule has 170 valence electrons. The van der Waals surface area contributed by atoms with E-state index in [4.69, 9.17) is 0 Å². The van der Waals surface area contributed by atoms with E-state index >= 15 is 0 Å². The molecule has 0 radical (unpaired) electrons. The summed E-state index contributed by atoms with van der Waals surface area (Å²) in [5.41, 5.74) is 2.74. The van der Waals surface area contributed by atoms with E-state index in [9.17, 15) is 0 Å². The van der Waals surface area contributed by atoms with Gasteiger partial charge >= 0.3 is 0 Å². The molecule has 3 heterocycles. The van der Waals surface area contributed by atoms with Crippen molar-refractivity contribution in [3.05, 3.63) is 53.9 Å². The lowest BCUT2D eigenvalue weighted by Gasteiger charge is -2.48. The van der Waals surface area contributed by atoms with Crippen LogP contribution in [-0.2, 0) is 20.0 Å². The number of hydrogen-bond donors (Lipinski definition) is 1. The maximum atomic E-state index is 4.59. The number of piperidine rings is 2. The molecule has 2 aliphatic heterocycles. The number of rotatable bonds is 6. The summed E-state index contributed by atoms with van der Waals surface area (Å²) >= 11 is 0. The molecule has 2 saturated heterocycles. The minimum absolute atomic E-state index is 0. The molecule has 31 heavy (non-hydrogen) atoms. The van der Waals surface area contributed by atoms with Crippen molar-refractivity contribution in [3.8, 4) is 0 Å². The van der Waals surface area contributed by atoms with Crippen molar-refractivity contribution in [2.24, 2.45) is 18.0 Å². The van der Waals surface area contributed by atoms with Gasteiger partial charge in [-0.3, -0.25) is 14.6 Å². The third-order valence-corrected chi connectivity index (χ3v) is 6.61. The number of nitrogens with one attached hydrogen (secondary N) is 1. The molecule has 2 aromatic rings. The van der Waals surface area contributed by atoms with Gasteiger partial charge in [-0.15, -0.1) is 24.0 Å². The molecule has 0 amide bonds. The number of aliphatic imine (C=N–C) groups is 1. The van der Waals surface area contributed by atoms with Gasteiger partial charge in [-0.1, -0.05) is 30.3 Å².